The molecule has 16 heavy (non-hydrogen) atoms. The van der Waals surface area contributed by atoms with E-state index in [2.05, 4.69) is 20.8 Å². The second-order valence-electron chi connectivity index (χ2n) is 5.63. The summed E-state index contributed by atoms with van der Waals surface area (Å²) >= 11 is 0. The van der Waals surface area contributed by atoms with Crippen LogP contribution >= 0.6 is 0 Å². The highest BCUT2D eigenvalue weighted by Gasteiger charge is 2.16. The fourth-order valence-corrected chi connectivity index (χ4v) is 2.21. The predicted molar refractivity (Wildman–Crippen MR) is 74.7 cm³/mol. The highest BCUT2D eigenvalue weighted by molar-refractivity contribution is 4.78. The molecule has 2 N–H and O–H groups in total. The van der Waals surface area contributed by atoms with Crippen LogP contribution in [0.4, 0.5) is 0 Å². The number of rotatable bonds is 11. The van der Waals surface area contributed by atoms with E-state index in [9.17, 15) is 0 Å². The molecule has 0 saturated carbocycles. The van der Waals surface area contributed by atoms with Gasteiger partial charge in [0.15, 0.2) is 0 Å². The first kappa shape index (κ1) is 16.0. The lowest BCUT2D eigenvalue weighted by atomic mass is 9.89. The summed E-state index contributed by atoms with van der Waals surface area (Å²) in [4.78, 5) is 0. The summed E-state index contributed by atoms with van der Waals surface area (Å²) in [5, 5.41) is 0. The molecule has 1 nitrogen and oxygen atoms in total. The van der Waals surface area contributed by atoms with Gasteiger partial charge in [-0.05, 0) is 19.8 Å². The van der Waals surface area contributed by atoms with Crippen LogP contribution in [0.2, 0.25) is 0 Å². The normalized spacial score (nSPS) is 15.0. The Bertz CT molecular complexity index is 140. The van der Waals surface area contributed by atoms with Gasteiger partial charge in [-0.15, -0.1) is 0 Å². The third-order valence-electron chi connectivity index (χ3n) is 3.45. The van der Waals surface area contributed by atoms with Gasteiger partial charge in [-0.2, -0.15) is 0 Å². The minimum Gasteiger partial charge on any atom is -0.325 e. The molecule has 0 aliphatic rings. The van der Waals surface area contributed by atoms with Gasteiger partial charge in [0.25, 0.3) is 0 Å². The summed E-state index contributed by atoms with van der Waals surface area (Å²) in [6.45, 7) is 6.76. The summed E-state index contributed by atoms with van der Waals surface area (Å²) in [5.41, 5.74) is 6.41. The van der Waals surface area contributed by atoms with Crippen LogP contribution in [0.15, 0.2) is 0 Å². The molecule has 0 aromatic carbocycles. The van der Waals surface area contributed by atoms with E-state index in [1.165, 1.54) is 70.6 Å². The molecule has 1 atom stereocenters. The molecule has 1 heteroatoms. The van der Waals surface area contributed by atoms with Gasteiger partial charge in [-0.1, -0.05) is 71.6 Å². The molecule has 0 heterocycles. The number of hydrogen-bond acceptors (Lipinski definition) is 1. The molecule has 1 unspecified atom stereocenters. The van der Waals surface area contributed by atoms with Crippen molar-refractivity contribution in [2.24, 2.45) is 5.73 Å². The summed E-state index contributed by atoms with van der Waals surface area (Å²) < 4.78 is 0. The maximum atomic E-state index is 6.31. The van der Waals surface area contributed by atoms with Crippen LogP contribution in [-0.4, -0.2) is 5.54 Å². The van der Waals surface area contributed by atoms with Crippen molar-refractivity contribution in [2.45, 2.75) is 96.9 Å². The fraction of sp³-hybridized carbons (Fsp3) is 1.00. The predicted octanol–water partition coefficient (Wildman–Crippen LogP) is 5.03. The van der Waals surface area contributed by atoms with Crippen LogP contribution in [0.3, 0.4) is 0 Å². The Balaban J connectivity index is 3.38. The number of nitrogens with two attached hydrogens (primary N) is 1. The van der Waals surface area contributed by atoms with Crippen molar-refractivity contribution in [2.75, 3.05) is 0 Å². The zero-order chi connectivity index (χ0) is 12.3. The van der Waals surface area contributed by atoms with Crippen molar-refractivity contribution < 1.29 is 0 Å². The summed E-state index contributed by atoms with van der Waals surface area (Å²) in [6.07, 6.45) is 14.6. The molecule has 98 valence electrons. The van der Waals surface area contributed by atoms with E-state index in [0.717, 1.165) is 0 Å². The standard InChI is InChI=1S/C15H33N/c1-4-6-8-10-12-14-15(3,16)13-11-9-7-5-2/h4-14,16H2,1-3H3. The van der Waals surface area contributed by atoms with E-state index in [1.54, 1.807) is 0 Å². The van der Waals surface area contributed by atoms with E-state index in [0.29, 0.717) is 0 Å². The highest BCUT2D eigenvalue weighted by atomic mass is 14.7. The monoisotopic (exact) mass is 227 g/mol. The van der Waals surface area contributed by atoms with Gasteiger partial charge < -0.3 is 5.73 Å². The molecule has 0 saturated heterocycles. The Labute approximate surface area is 103 Å². The van der Waals surface area contributed by atoms with Crippen LogP contribution in [0.5, 0.6) is 0 Å². The second-order valence-corrected chi connectivity index (χ2v) is 5.63. The SMILES string of the molecule is CCCCCCCC(C)(N)CCCCCC. The second kappa shape index (κ2) is 10.1. The largest absolute Gasteiger partial charge is 0.325 e. The van der Waals surface area contributed by atoms with Gasteiger partial charge in [-0.25, -0.2) is 0 Å². The van der Waals surface area contributed by atoms with Crippen LogP contribution in [0.25, 0.3) is 0 Å². The molecule has 0 aromatic rings. The topological polar surface area (TPSA) is 26.0 Å². The average molecular weight is 227 g/mol. The molecule has 0 radical (unpaired) electrons. The molecular weight excluding hydrogens is 194 g/mol. The Morgan fingerprint density at radius 1 is 0.688 bits per heavy atom. The Hall–Kier alpha value is -0.0400. The molecule has 0 spiro atoms. The highest BCUT2D eigenvalue weighted by Crippen LogP contribution is 2.19. The van der Waals surface area contributed by atoms with Crippen molar-refractivity contribution >= 4 is 0 Å². The van der Waals surface area contributed by atoms with Gasteiger partial charge in [0.2, 0.25) is 0 Å². The Morgan fingerprint density at radius 3 is 1.50 bits per heavy atom. The van der Waals surface area contributed by atoms with Gasteiger partial charge in [0, 0.05) is 5.54 Å². The summed E-state index contributed by atoms with van der Waals surface area (Å²) in [7, 11) is 0. The van der Waals surface area contributed by atoms with Gasteiger partial charge >= 0.3 is 0 Å². The van der Waals surface area contributed by atoms with E-state index < -0.39 is 0 Å². The molecule has 0 amide bonds. The molecule has 0 aromatic heterocycles. The van der Waals surface area contributed by atoms with Crippen LogP contribution in [0.1, 0.15) is 91.4 Å². The third-order valence-corrected chi connectivity index (χ3v) is 3.45. The first-order valence-corrected chi connectivity index (χ1v) is 7.41. The molecule has 0 rings (SSSR count). The third kappa shape index (κ3) is 10.5. The molecule has 0 aliphatic carbocycles. The van der Waals surface area contributed by atoms with Crippen LogP contribution in [-0.2, 0) is 0 Å². The Morgan fingerprint density at radius 2 is 1.06 bits per heavy atom. The lowest BCUT2D eigenvalue weighted by Gasteiger charge is -2.24. The quantitative estimate of drug-likeness (QED) is 0.492. The lowest BCUT2D eigenvalue weighted by molar-refractivity contribution is 0.365. The molecule has 0 aliphatic heterocycles. The zero-order valence-electron chi connectivity index (χ0n) is 11.9. The fourth-order valence-electron chi connectivity index (χ4n) is 2.21. The lowest BCUT2D eigenvalue weighted by Crippen LogP contribution is -2.35. The minimum atomic E-state index is 0.0972. The Kier molecular flexibility index (Phi) is 10.1. The smallest absolute Gasteiger partial charge is 0.0125 e. The van der Waals surface area contributed by atoms with Crippen molar-refractivity contribution in [1.29, 1.82) is 0 Å². The first-order chi connectivity index (χ1) is 7.62. The van der Waals surface area contributed by atoms with Crippen molar-refractivity contribution in [3.8, 4) is 0 Å². The molecule has 0 bridgehead atoms. The molecule has 0 fully saturated rings. The first-order valence-electron chi connectivity index (χ1n) is 7.41. The van der Waals surface area contributed by atoms with Crippen molar-refractivity contribution in [3.05, 3.63) is 0 Å². The van der Waals surface area contributed by atoms with Gasteiger partial charge in [-0.3, -0.25) is 0 Å². The average Bonchev–Trinajstić information content (AvgIpc) is 2.24. The van der Waals surface area contributed by atoms with E-state index in [-0.39, 0.29) is 5.54 Å². The van der Waals surface area contributed by atoms with Crippen molar-refractivity contribution in [1.82, 2.24) is 0 Å². The van der Waals surface area contributed by atoms with Gasteiger partial charge in [0.1, 0.15) is 0 Å². The maximum absolute atomic E-state index is 6.31. The van der Waals surface area contributed by atoms with Crippen LogP contribution in [0, 0.1) is 0 Å². The number of unbranched alkanes of at least 4 members (excludes halogenated alkanes) is 7. The molecular formula is C15H33N. The number of hydrogen-bond donors (Lipinski definition) is 1. The van der Waals surface area contributed by atoms with E-state index >= 15 is 0 Å². The van der Waals surface area contributed by atoms with Crippen molar-refractivity contribution in [3.63, 3.8) is 0 Å². The van der Waals surface area contributed by atoms with E-state index in [4.69, 9.17) is 5.73 Å². The van der Waals surface area contributed by atoms with E-state index in [1.807, 2.05) is 0 Å². The summed E-state index contributed by atoms with van der Waals surface area (Å²) in [5.74, 6) is 0. The maximum Gasteiger partial charge on any atom is 0.0125 e. The minimum absolute atomic E-state index is 0.0972. The van der Waals surface area contributed by atoms with Gasteiger partial charge in [0.05, 0.1) is 0 Å². The zero-order valence-corrected chi connectivity index (χ0v) is 11.9. The summed E-state index contributed by atoms with van der Waals surface area (Å²) in [6, 6.07) is 0. The van der Waals surface area contributed by atoms with Crippen LogP contribution < -0.4 is 5.73 Å².